The van der Waals surface area contributed by atoms with Crippen molar-refractivity contribution in [3.8, 4) is 0 Å². The molecule has 0 spiro atoms. The minimum atomic E-state index is -0.117. The molecule has 1 aromatic rings. The number of piperidine rings is 1. The number of aromatic nitrogens is 1. The second-order valence-corrected chi connectivity index (χ2v) is 7.21. The van der Waals surface area contributed by atoms with Gasteiger partial charge in [0.25, 0.3) is 5.91 Å². The van der Waals surface area contributed by atoms with E-state index in [1.165, 1.54) is 32.4 Å². The summed E-state index contributed by atoms with van der Waals surface area (Å²) in [6, 6.07) is 3.50. The zero-order valence-electron chi connectivity index (χ0n) is 16.2. The van der Waals surface area contributed by atoms with Crippen molar-refractivity contribution in [3.05, 3.63) is 30.1 Å². The predicted octanol–water partition coefficient (Wildman–Crippen LogP) is 1.24. The van der Waals surface area contributed by atoms with Gasteiger partial charge in [-0.05, 0) is 51.9 Å². The van der Waals surface area contributed by atoms with Crippen LogP contribution in [0.25, 0.3) is 0 Å². The normalized spacial score (nSPS) is 16.2. The molecule has 7 heteroatoms. The van der Waals surface area contributed by atoms with Crippen LogP contribution in [0.15, 0.2) is 29.5 Å². The van der Waals surface area contributed by atoms with Gasteiger partial charge in [-0.1, -0.05) is 6.42 Å². The highest BCUT2D eigenvalue weighted by atomic mass is 16.1. The standard InChI is InChI=1S/C19H32N6O/c1-19(2,25-12-5-4-6-13-25)15-24-18(20-3)23-11-10-22-17(26)16-8-7-9-21-14-16/h7-9,14H,4-6,10-13,15H2,1-3H3,(H,22,26)(H2,20,23,24). The molecule has 1 fully saturated rings. The highest BCUT2D eigenvalue weighted by molar-refractivity contribution is 5.93. The van der Waals surface area contributed by atoms with Gasteiger partial charge in [-0.15, -0.1) is 0 Å². The van der Waals surface area contributed by atoms with E-state index in [2.05, 4.69) is 44.7 Å². The van der Waals surface area contributed by atoms with Gasteiger partial charge < -0.3 is 16.0 Å². The van der Waals surface area contributed by atoms with Crippen molar-refractivity contribution in [2.24, 2.45) is 4.99 Å². The van der Waals surface area contributed by atoms with Gasteiger partial charge in [0.2, 0.25) is 0 Å². The summed E-state index contributed by atoms with van der Waals surface area (Å²) in [5.41, 5.74) is 0.658. The summed E-state index contributed by atoms with van der Waals surface area (Å²) in [6.45, 7) is 8.83. The largest absolute Gasteiger partial charge is 0.355 e. The maximum absolute atomic E-state index is 12.0. The first kappa shape index (κ1) is 20.2. The Bertz CT molecular complexity index is 581. The van der Waals surface area contributed by atoms with Gasteiger partial charge >= 0.3 is 0 Å². The first-order valence-electron chi connectivity index (χ1n) is 9.41. The lowest BCUT2D eigenvalue weighted by atomic mass is 9.98. The number of nitrogens with zero attached hydrogens (tertiary/aromatic N) is 3. The minimum Gasteiger partial charge on any atom is -0.355 e. The smallest absolute Gasteiger partial charge is 0.252 e. The van der Waals surface area contributed by atoms with E-state index >= 15 is 0 Å². The molecule has 0 atom stereocenters. The third kappa shape index (κ3) is 6.29. The highest BCUT2D eigenvalue weighted by Gasteiger charge is 2.27. The summed E-state index contributed by atoms with van der Waals surface area (Å²) in [5.74, 6) is 0.639. The average molecular weight is 361 g/mol. The van der Waals surface area contributed by atoms with E-state index in [9.17, 15) is 4.79 Å². The van der Waals surface area contributed by atoms with Crippen LogP contribution in [0.5, 0.6) is 0 Å². The van der Waals surface area contributed by atoms with Gasteiger partial charge in [0, 0.05) is 44.6 Å². The summed E-state index contributed by atoms with van der Waals surface area (Å²) in [7, 11) is 1.76. The van der Waals surface area contributed by atoms with Crippen LogP contribution in [0.1, 0.15) is 43.5 Å². The molecule has 0 saturated carbocycles. The Morgan fingerprint density at radius 1 is 1.19 bits per heavy atom. The number of likely N-dealkylation sites (tertiary alicyclic amines) is 1. The van der Waals surface area contributed by atoms with Crippen molar-refractivity contribution < 1.29 is 4.79 Å². The van der Waals surface area contributed by atoms with Gasteiger partial charge in [-0.25, -0.2) is 0 Å². The number of guanidine groups is 1. The van der Waals surface area contributed by atoms with E-state index in [0.717, 1.165) is 12.5 Å². The van der Waals surface area contributed by atoms with E-state index in [-0.39, 0.29) is 11.4 Å². The first-order chi connectivity index (χ1) is 12.5. The molecule has 0 radical (unpaired) electrons. The maximum Gasteiger partial charge on any atom is 0.252 e. The van der Waals surface area contributed by atoms with Crippen molar-refractivity contribution >= 4 is 11.9 Å². The number of nitrogens with one attached hydrogen (secondary N) is 3. The van der Waals surface area contributed by atoms with Gasteiger partial charge in [-0.3, -0.25) is 19.7 Å². The van der Waals surface area contributed by atoms with Crippen molar-refractivity contribution in [3.63, 3.8) is 0 Å². The zero-order chi connectivity index (χ0) is 18.8. The molecule has 1 aliphatic rings. The summed E-state index contributed by atoms with van der Waals surface area (Å²) in [5, 5.41) is 9.51. The lowest BCUT2D eigenvalue weighted by Gasteiger charge is -2.41. The Balaban J connectivity index is 1.68. The molecule has 1 aliphatic heterocycles. The molecule has 1 amide bonds. The third-order valence-corrected chi connectivity index (χ3v) is 4.75. The van der Waals surface area contributed by atoms with E-state index in [1.807, 2.05) is 0 Å². The summed E-state index contributed by atoms with van der Waals surface area (Å²) >= 11 is 0. The first-order valence-corrected chi connectivity index (χ1v) is 9.41. The average Bonchev–Trinajstić information content (AvgIpc) is 2.68. The summed E-state index contributed by atoms with van der Waals surface area (Å²) in [4.78, 5) is 22.7. The Morgan fingerprint density at radius 2 is 1.92 bits per heavy atom. The van der Waals surface area contributed by atoms with Gasteiger partial charge in [0.1, 0.15) is 0 Å². The van der Waals surface area contributed by atoms with Crippen LogP contribution in [0.2, 0.25) is 0 Å². The Kier molecular flexibility index (Phi) is 7.84. The number of hydrogen-bond donors (Lipinski definition) is 3. The zero-order valence-corrected chi connectivity index (χ0v) is 16.2. The molecule has 0 unspecified atom stereocenters. The second kappa shape index (κ2) is 10.1. The molecule has 26 heavy (non-hydrogen) atoms. The van der Waals surface area contributed by atoms with E-state index < -0.39 is 0 Å². The van der Waals surface area contributed by atoms with Crippen LogP contribution >= 0.6 is 0 Å². The third-order valence-electron chi connectivity index (χ3n) is 4.75. The van der Waals surface area contributed by atoms with Crippen molar-refractivity contribution in [2.45, 2.75) is 38.6 Å². The van der Waals surface area contributed by atoms with Crippen LogP contribution in [-0.4, -0.2) is 67.1 Å². The maximum atomic E-state index is 12.0. The summed E-state index contributed by atoms with van der Waals surface area (Å²) < 4.78 is 0. The van der Waals surface area contributed by atoms with Gasteiger partial charge in [0.05, 0.1) is 5.56 Å². The van der Waals surface area contributed by atoms with Crippen LogP contribution in [0.3, 0.4) is 0 Å². The quantitative estimate of drug-likeness (QED) is 0.387. The van der Waals surface area contributed by atoms with Crippen molar-refractivity contribution in [1.82, 2.24) is 25.8 Å². The lowest BCUT2D eigenvalue weighted by Crippen LogP contribution is -2.55. The number of carbonyl (C=O) groups excluding carboxylic acids is 1. The molecule has 144 valence electrons. The molecule has 0 aromatic carbocycles. The topological polar surface area (TPSA) is 81.6 Å². The SMILES string of the molecule is CN=C(NCCNC(=O)c1cccnc1)NCC(C)(C)N1CCCCC1. The van der Waals surface area contributed by atoms with Crippen molar-refractivity contribution in [2.75, 3.05) is 39.8 Å². The number of carbonyl (C=O) groups is 1. The van der Waals surface area contributed by atoms with Crippen LogP contribution in [0.4, 0.5) is 0 Å². The second-order valence-electron chi connectivity index (χ2n) is 7.21. The van der Waals surface area contributed by atoms with Crippen molar-refractivity contribution in [1.29, 1.82) is 0 Å². The monoisotopic (exact) mass is 360 g/mol. The lowest BCUT2D eigenvalue weighted by molar-refractivity contribution is 0.0954. The fourth-order valence-electron chi connectivity index (χ4n) is 3.09. The minimum absolute atomic E-state index is 0.0898. The van der Waals surface area contributed by atoms with Gasteiger partial charge in [0.15, 0.2) is 5.96 Å². The molecule has 2 rings (SSSR count). The Hall–Kier alpha value is -2.15. The van der Waals surface area contributed by atoms with Crippen LogP contribution in [-0.2, 0) is 0 Å². The Morgan fingerprint density at radius 3 is 2.58 bits per heavy atom. The molecule has 1 aromatic heterocycles. The molecule has 3 N–H and O–H groups in total. The molecule has 1 saturated heterocycles. The van der Waals surface area contributed by atoms with Crippen LogP contribution < -0.4 is 16.0 Å². The fraction of sp³-hybridized carbons (Fsp3) is 0.632. The predicted molar refractivity (Wildman–Crippen MR) is 105 cm³/mol. The molecular formula is C19H32N6O. The summed E-state index contributed by atoms with van der Waals surface area (Å²) in [6.07, 6.45) is 7.12. The number of hydrogen-bond acceptors (Lipinski definition) is 4. The Labute approximate surface area is 156 Å². The molecule has 7 nitrogen and oxygen atoms in total. The number of rotatable bonds is 7. The van der Waals surface area contributed by atoms with Gasteiger partial charge in [-0.2, -0.15) is 0 Å². The fourth-order valence-corrected chi connectivity index (χ4v) is 3.09. The van der Waals surface area contributed by atoms with E-state index in [0.29, 0.717) is 18.7 Å². The molecule has 0 aliphatic carbocycles. The highest BCUT2D eigenvalue weighted by Crippen LogP contribution is 2.19. The molecule has 2 heterocycles. The van der Waals surface area contributed by atoms with E-state index in [1.54, 1.807) is 31.6 Å². The number of aliphatic imine (C=N–C) groups is 1. The van der Waals surface area contributed by atoms with E-state index in [4.69, 9.17) is 0 Å². The van der Waals surface area contributed by atoms with Crippen LogP contribution in [0, 0.1) is 0 Å². The molecular weight excluding hydrogens is 328 g/mol. The molecule has 0 bridgehead atoms. The number of pyridine rings is 1. The number of amides is 1.